The maximum atomic E-state index is 12.9. The van der Waals surface area contributed by atoms with Gasteiger partial charge < -0.3 is 9.88 Å². The summed E-state index contributed by atoms with van der Waals surface area (Å²) < 4.78 is 30.4. The second kappa shape index (κ2) is 9.56. The lowest BCUT2D eigenvalue weighted by Crippen LogP contribution is -2.28. The van der Waals surface area contributed by atoms with Crippen molar-refractivity contribution in [3.05, 3.63) is 95.3 Å². The first-order valence-corrected chi connectivity index (χ1v) is 12.2. The van der Waals surface area contributed by atoms with Crippen LogP contribution in [0.25, 0.3) is 11.0 Å². The number of para-hydroxylation sites is 2. The molecule has 0 unspecified atom stereocenters. The predicted molar refractivity (Wildman–Crippen MR) is 128 cm³/mol. The molecule has 1 amide bonds. The Kier molecular flexibility index (Phi) is 6.57. The van der Waals surface area contributed by atoms with Gasteiger partial charge in [0.05, 0.1) is 15.9 Å². The van der Waals surface area contributed by atoms with Crippen LogP contribution < -0.4 is 10.0 Å². The highest BCUT2D eigenvalue weighted by Crippen LogP contribution is 2.18. The van der Waals surface area contributed by atoms with E-state index in [0.29, 0.717) is 24.2 Å². The number of fused-ring (bicyclic) bond motifs is 1. The molecule has 0 atom stereocenters. The first-order chi connectivity index (χ1) is 15.8. The van der Waals surface area contributed by atoms with E-state index in [2.05, 4.69) is 15.0 Å². The SMILES string of the molecule is Cc1ccc(C(=O)NCCn2c(C)nc3ccccc32)cc1S(=O)(=O)NCc1ccccc1. The van der Waals surface area contributed by atoms with Crippen LogP contribution in [-0.4, -0.2) is 30.4 Å². The third-order valence-electron chi connectivity index (χ3n) is 5.52. The van der Waals surface area contributed by atoms with Crippen LogP contribution in [0, 0.1) is 13.8 Å². The molecule has 0 radical (unpaired) electrons. The number of aromatic nitrogens is 2. The first-order valence-electron chi connectivity index (χ1n) is 10.7. The van der Waals surface area contributed by atoms with Gasteiger partial charge in [0.25, 0.3) is 5.91 Å². The quantitative estimate of drug-likeness (QED) is 0.419. The fraction of sp³-hybridized carbons (Fsp3) is 0.200. The molecule has 0 aliphatic rings. The van der Waals surface area contributed by atoms with Gasteiger partial charge in [-0.25, -0.2) is 18.1 Å². The van der Waals surface area contributed by atoms with Gasteiger partial charge in [-0.1, -0.05) is 48.5 Å². The number of sulfonamides is 1. The van der Waals surface area contributed by atoms with Crippen molar-refractivity contribution in [3.63, 3.8) is 0 Å². The maximum absolute atomic E-state index is 12.9. The molecule has 0 aliphatic carbocycles. The minimum absolute atomic E-state index is 0.0996. The highest BCUT2D eigenvalue weighted by molar-refractivity contribution is 7.89. The second-order valence-electron chi connectivity index (χ2n) is 7.85. The van der Waals surface area contributed by atoms with E-state index < -0.39 is 10.0 Å². The molecule has 33 heavy (non-hydrogen) atoms. The molecular formula is C25H26N4O3S. The van der Waals surface area contributed by atoms with Gasteiger partial charge in [-0.3, -0.25) is 4.79 Å². The van der Waals surface area contributed by atoms with Crippen LogP contribution in [0.5, 0.6) is 0 Å². The van der Waals surface area contributed by atoms with Crippen LogP contribution in [0.3, 0.4) is 0 Å². The highest BCUT2D eigenvalue weighted by atomic mass is 32.2. The summed E-state index contributed by atoms with van der Waals surface area (Å²) in [5, 5.41) is 2.88. The summed E-state index contributed by atoms with van der Waals surface area (Å²) in [6, 6.07) is 21.9. The summed E-state index contributed by atoms with van der Waals surface area (Å²) in [6.07, 6.45) is 0. The number of rotatable bonds is 8. The van der Waals surface area contributed by atoms with Crippen LogP contribution in [0.15, 0.2) is 77.7 Å². The molecule has 170 valence electrons. The van der Waals surface area contributed by atoms with Crippen molar-refractivity contribution in [1.29, 1.82) is 0 Å². The fourth-order valence-electron chi connectivity index (χ4n) is 3.74. The monoisotopic (exact) mass is 462 g/mol. The Morgan fingerprint density at radius 3 is 2.48 bits per heavy atom. The zero-order chi connectivity index (χ0) is 23.4. The molecule has 2 N–H and O–H groups in total. The molecule has 3 aromatic carbocycles. The number of hydrogen-bond donors (Lipinski definition) is 2. The lowest BCUT2D eigenvalue weighted by atomic mass is 10.1. The van der Waals surface area contributed by atoms with Crippen LogP contribution >= 0.6 is 0 Å². The minimum atomic E-state index is -3.77. The van der Waals surface area contributed by atoms with Crippen molar-refractivity contribution in [1.82, 2.24) is 19.6 Å². The van der Waals surface area contributed by atoms with E-state index in [1.165, 1.54) is 6.07 Å². The van der Waals surface area contributed by atoms with Gasteiger partial charge in [0.15, 0.2) is 0 Å². The number of carbonyl (C=O) groups is 1. The Morgan fingerprint density at radius 1 is 0.970 bits per heavy atom. The minimum Gasteiger partial charge on any atom is -0.350 e. The number of nitrogens with zero attached hydrogens (tertiary/aromatic N) is 2. The number of hydrogen-bond acceptors (Lipinski definition) is 4. The van der Waals surface area contributed by atoms with Crippen LogP contribution in [0.4, 0.5) is 0 Å². The topological polar surface area (TPSA) is 93.1 Å². The van der Waals surface area contributed by atoms with Crippen molar-refractivity contribution in [2.24, 2.45) is 0 Å². The lowest BCUT2D eigenvalue weighted by Gasteiger charge is -2.12. The Bertz CT molecular complexity index is 1400. The van der Waals surface area contributed by atoms with E-state index in [0.717, 1.165) is 22.4 Å². The van der Waals surface area contributed by atoms with Crippen LogP contribution in [-0.2, 0) is 23.1 Å². The van der Waals surface area contributed by atoms with Gasteiger partial charge in [-0.15, -0.1) is 0 Å². The molecule has 0 fully saturated rings. The number of aryl methyl sites for hydroxylation is 2. The van der Waals surface area contributed by atoms with Gasteiger partial charge in [-0.2, -0.15) is 0 Å². The average Bonchev–Trinajstić information content (AvgIpc) is 3.13. The van der Waals surface area contributed by atoms with Crippen molar-refractivity contribution < 1.29 is 13.2 Å². The third kappa shape index (κ3) is 5.13. The van der Waals surface area contributed by atoms with Crippen molar-refractivity contribution in [2.45, 2.75) is 31.8 Å². The number of amides is 1. The maximum Gasteiger partial charge on any atom is 0.251 e. The molecule has 4 rings (SSSR count). The summed E-state index contributed by atoms with van der Waals surface area (Å²) in [7, 11) is -3.77. The van der Waals surface area contributed by atoms with Crippen molar-refractivity contribution in [2.75, 3.05) is 6.54 Å². The standard InChI is InChI=1S/C25H26N4O3S/c1-18-12-13-21(16-24(18)33(31,32)27-17-20-8-4-3-5-9-20)25(30)26-14-15-29-19(2)28-22-10-6-7-11-23(22)29/h3-13,16,27H,14-15,17H2,1-2H3,(H,26,30). The first kappa shape index (κ1) is 22.7. The Hall–Kier alpha value is -3.49. The fourth-order valence-corrected chi connectivity index (χ4v) is 5.03. The zero-order valence-electron chi connectivity index (χ0n) is 18.6. The van der Waals surface area contributed by atoms with Crippen LogP contribution in [0.1, 0.15) is 27.3 Å². The molecule has 0 spiro atoms. The number of benzene rings is 3. The number of imidazole rings is 1. The molecular weight excluding hydrogens is 436 g/mol. The summed E-state index contributed by atoms with van der Waals surface area (Å²) in [6.45, 7) is 4.78. The zero-order valence-corrected chi connectivity index (χ0v) is 19.4. The largest absolute Gasteiger partial charge is 0.350 e. The molecule has 0 saturated carbocycles. The van der Waals surface area contributed by atoms with E-state index >= 15 is 0 Å². The van der Waals surface area contributed by atoms with Gasteiger partial charge in [0.2, 0.25) is 10.0 Å². The molecule has 8 heteroatoms. The van der Waals surface area contributed by atoms with Crippen molar-refractivity contribution >= 4 is 27.0 Å². The molecule has 1 heterocycles. The van der Waals surface area contributed by atoms with Gasteiger partial charge in [0.1, 0.15) is 5.82 Å². The van der Waals surface area contributed by atoms with Gasteiger partial charge in [0, 0.05) is 25.2 Å². The van der Waals surface area contributed by atoms with E-state index in [-0.39, 0.29) is 17.3 Å². The Balaban J connectivity index is 1.44. The lowest BCUT2D eigenvalue weighted by molar-refractivity contribution is 0.0952. The van der Waals surface area contributed by atoms with Gasteiger partial charge in [-0.05, 0) is 49.2 Å². The van der Waals surface area contributed by atoms with Crippen molar-refractivity contribution in [3.8, 4) is 0 Å². The number of carbonyl (C=O) groups excluding carboxylic acids is 1. The molecule has 1 aromatic heterocycles. The molecule has 7 nitrogen and oxygen atoms in total. The second-order valence-corrected chi connectivity index (χ2v) is 9.58. The Labute approximate surface area is 193 Å². The predicted octanol–water partition coefficient (Wildman–Crippen LogP) is 3.56. The van der Waals surface area contributed by atoms with E-state index in [9.17, 15) is 13.2 Å². The van der Waals surface area contributed by atoms with E-state index in [1.807, 2.05) is 66.1 Å². The Morgan fingerprint density at radius 2 is 1.70 bits per heavy atom. The summed E-state index contributed by atoms with van der Waals surface area (Å²) in [5.74, 6) is 0.551. The normalized spacial score (nSPS) is 11.6. The highest BCUT2D eigenvalue weighted by Gasteiger charge is 2.19. The van der Waals surface area contributed by atoms with Crippen LogP contribution in [0.2, 0.25) is 0 Å². The molecule has 0 saturated heterocycles. The molecule has 0 aliphatic heterocycles. The number of nitrogens with one attached hydrogen (secondary N) is 2. The van der Waals surface area contributed by atoms with E-state index in [4.69, 9.17) is 0 Å². The molecule has 0 bridgehead atoms. The third-order valence-corrected chi connectivity index (χ3v) is 7.06. The van der Waals surface area contributed by atoms with E-state index in [1.54, 1.807) is 19.1 Å². The van der Waals surface area contributed by atoms with Gasteiger partial charge >= 0.3 is 0 Å². The summed E-state index contributed by atoms with van der Waals surface area (Å²) >= 11 is 0. The summed E-state index contributed by atoms with van der Waals surface area (Å²) in [5.41, 5.74) is 3.66. The smallest absolute Gasteiger partial charge is 0.251 e. The summed E-state index contributed by atoms with van der Waals surface area (Å²) in [4.78, 5) is 17.4. The molecule has 4 aromatic rings. The average molecular weight is 463 g/mol.